The summed E-state index contributed by atoms with van der Waals surface area (Å²) < 4.78 is 36.0. The summed E-state index contributed by atoms with van der Waals surface area (Å²) in [5, 5.41) is 0. The zero-order valence-corrected chi connectivity index (χ0v) is 22.1. The van der Waals surface area contributed by atoms with Gasteiger partial charge in [-0.3, -0.25) is 9.59 Å². The van der Waals surface area contributed by atoms with Crippen LogP contribution in [0.4, 0.5) is 0 Å². The molecular weight excluding hydrogens is 500 g/mol. The van der Waals surface area contributed by atoms with Crippen molar-refractivity contribution < 1.29 is 38.0 Å². The monoisotopic (exact) mass is 534 g/mol. The van der Waals surface area contributed by atoms with Gasteiger partial charge in [-0.1, -0.05) is 91.0 Å². The van der Waals surface area contributed by atoms with Gasteiger partial charge < -0.3 is 28.4 Å². The van der Waals surface area contributed by atoms with E-state index >= 15 is 0 Å². The van der Waals surface area contributed by atoms with Crippen LogP contribution >= 0.6 is 0 Å². The van der Waals surface area contributed by atoms with Gasteiger partial charge in [0.05, 0.1) is 26.4 Å². The van der Waals surface area contributed by atoms with Crippen LogP contribution in [0.15, 0.2) is 91.0 Å². The Morgan fingerprint density at radius 2 is 1.08 bits per heavy atom. The van der Waals surface area contributed by atoms with Gasteiger partial charge >= 0.3 is 11.9 Å². The van der Waals surface area contributed by atoms with Gasteiger partial charge in [-0.05, 0) is 16.7 Å². The van der Waals surface area contributed by atoms with Gasteiger partial charge in [0.2, 0.25) is 6.29 Å². The van der Waals surface area contributed by atoms with E-state index in [1.54, 1.807) is 0 Å². The molecule has 0 bridgehead atoms. The summed E-state index contributed by atoms with van der Waals surface area (Å²) in [4.78, 5) is 24.1. The quantitative estimate of drug-likeness (QED) is 0.312. The molecule has 4 rings (SSSR count). The van der Waals surface area contributed by atoms with Gasteiger partial charge in [-0.15, -0.1) is 0 Å². The maximum absolute atomic E-state index is 12.1. The molecule has 3 aromatic rings. The van der Waals surface area contributed by atoms with E-state index in [9.17, 15) is 9.59 Å². The molecule has 0 aromatic heterocycles. The predicted molar refractivity (Wildman–Crippen MR) is 142 cm³/mol. The number of rotatable bonds is 12. The van der Waals surface area contributed by atoms with Crippen LogP contribution in [0.1, 0.15) is 30.5 Å². The van der Waals surface area contributed by atoms with Crippen LogP contribution in [0, 0.1) is 0 Å². The van der Waals surface area contributed by atoms with Crippen LogP contribution in [0.3, 0.4) is 0 Å². The second kappa shape index (κ2) is 14.6. The van der Waals surface area contributed by atoms with Crippen LogP contribution in [0.5, 0.6) is 0 Å². The molecule has 206 valence electrons. The molecule has 1 unspecified atom stereocenters. The molecule has 0 N–H and O–H groups in total. The fourth-order valence-electron chi connectivity index (χ4n) is 4.38. The van der Waals surface area contributed by atoms with Crippen molar-refractivity contribution in [2.45, 2.75) is 64.4 Å². The molecule has 1 saturated heterocycles. The van der Waals surface area contributed by atoms with Crippen LogP contribution in [0.25, 0.3) is 0 Å². The van der Waals surface area contributed by atoms with Crippen LogP contribution in [0.2, 0.25) is 0 Å². The van der Waals surface area contributed by atoms with E-state index < -0.39 is 42.6 Å². The first kappa shape index (κ1) is 28.4. The molecule has 39 heavy (non-hydrogen) atoms. The van der Waals surface area contributed by atoms with Crippen molar-refractivity contribution >= 4 is 11.9 Å². The predicted octanol–water partition coefficient (Wildman–Crippen LogP) is 4.59. The molecule has 8 nitrogen and oxygen atoms in total. The van der Waals surface area contributed by atoms with Crippen molar-refractivity contribution in [2.24, 2.45) is 0 Å². The number of carbonyl (C=O) groups excluding carboxylic acids is 2. The van der Waals surface area contributed by atoms with Gasteiger partial charge in [0, 0.05) is 13.8 Å². The molecule has 0 amide bonds. The molecule has 0 saturated carbocycles. The van der Waals surface area contributed by atoms with Crippen molar-refractivity contribution in [3.05, 3.63) is 108 Å². The number of hydrogen-bond acceptors (Lipinski definition) is 8. The van der Waals surface area contributed by atoms with E-state index in [0.29, 0.717) is 6.61 Å². The normalized spacial score (nSPS) is 22.7. The Balaban J connectivity index is 1.60. The molecule has 5 atom stereocenters. The molecular formula is C31H34O8. The first-order valence-electron chi connectivity index (χ1n) is 12.9. The van der Waals surface area contributed by atoms with Gasteiger partial charge in [0.1, 0.15) is 18.3 Å². The molecule has 0 aliphatic carbocycles. The molecule has 1 aliphatic rings. The summed E-state index contributed by atoms with van der Waals surface area (Å²) in [7, 11) is 0. The lowest BCUT2D eigenvalue weighted by molar-refractivity contribution is -0.312. The molecule has 1 aliphatic heterocycles. The van der Waals surface area contributed by atoms with Crippen molar-refractivity contribution in [1.29, 1.82) is 0 Å². The molecule has 1 fully saturated rings. The van der Waals surface area contributed by atoms with E-state index in [1.165, 1.54) is 13.8 Å². The SMILES string of the molecule is CC(=O)OC1O[C@H](COCc2ccccc2)[C@H](OCc2ccccc2)[C@H](OCc2ccccc2)[C@H]1OC(C)=O. The average Bonchev–Trinajstić information content (AvgIpc) is 2.94. The lowest BCUT2D eigenvalue weighted by Crippen LogP contribution is -2.62. The minimum absolute atomic E-state index is 0.129. The van der Waals surface area contributed by atoms with Crippen molar-refractivity contribution in [3.63, 3.8) is 0 Å². The third-order valence-electron chi connectivity index (χ3n) is 6.14. The Kier molecular flexibility index (Phi) is 10.6. The maximum atomic E-state index is 12.1. The van der Waals surface area contributed by atoms with Crippen LogP contribution in [-0.2, 0) is 57.8 Å². The largest absolute Gasteiger partial charge is 0.453 e. The van der Waals surface area contributed by atoms with Crippen molar-refractivity contribution in [3.8, 4) is 0 Å². The van der Waals surface area contributed by atoms with Crippen LogP contribution in [-0.4, -0.2) is 49.3 Å². The lowest BCUT2D eigenvalue weighted by Gasteiger charge is -2.44. The summed E-state index contributed by atoms with van der Waals surface area (Å²) in [5.74, 6) is -1.14. The first-order chi connectivity index (χ1) is 19.0. The Hall–Kier alpha value is -3.56. The second-order valence-electron chi connectivity index (χ2n) is 9.25. The molecule has 0 radical (unpaired) electrons. The number of hydrogen-bond donors (Lipinski definition) is 0. The third-order valence-corrected chi connectivity index (χ3v) is 6.14. The topological polar surface area (TPSA) is 89.5 Å². The zero-order valence-electron chi connectivity index (χ0n) is 22.1. The first-order valence-corrected chi connectivity index (χ1v) is 12.9. The van der Waals surface area contributed by atoms with E-state index in [4.69, 9.17) is 28.4 Å². The summed E-state index contributed by atoms with van der Waals surface area (Å²) in [6.07, 6.45) is -4.47. The number of ether oxygens (including phenoxy) is 6. The fraction of sp³-hybridized carbons (Fsp3) is 0.355. The Bertz CT molecular complexity index is 1150. The van der Waals surface area contributed by atoms with E-state index in [-0.39, 0.29) is 19.8 Å². The average molecular weight is 535 g/mol. The van der Waals surface area contributed by atoms with Crippen molar-refractivity contribution in [2.75, 3.05) is 6.61 Å². The fourth-order valence-corrected chi connectivity index (χ4v) is 4.38. The highest BCUT2D eigenvalue weighted by molar-refractivity contribution is 5.67. The summed E-state index contributed by atoms with van der Waals surface area (Å²) in [6, 6.07) is 29.1. The van der Waals surface area contributed by atoms with E-state index in [1.807, 2.05) is 91.0 Å². The van der Waals surface area contributed by atoms with E-state index in [0.717, 1.165) is 16.7 Å². The maximum Gasteiger partial charge on any atom is 0.305 e. The smallest absolute Gasteiger partial charge is 0.305 e. The second-order valence-corrected chi connectivity index (χ2v) is 9.25. The van der Waals surface area contributed by atoms with Gasteiger partial charge in [-0.25, -0.2) is 0 Å². The summed E-state index contributed by atoms with van der Waals surface area (Å²) in [6.45, 7) is 3.53. The standard InChI is InChI=1S/C31H34O8/c1-22(32)37-30-29(36-20-26-16-10-5-11-17-26)28(35-19-25-14-8-4-9-15-25)27(39-31(30)38-23(2)33)21-34-18-24-12-6-3-7-13-24/h3-17,27-31H,18-21H2,1-2H3/t27-,28+,29+,30-,31?/m1/s1. The van der Waals surface area contributed by atoms with E-state index in [2.05, 4.69) is 0 Å². The minimum Gasteiger partial charge on any atom is -0.453 e. The highest BCUT2D eigenvalue weighted by Crippen LogP contribution is 2.31. The highest BCUT2D eigenvalue weighted by Gasteiger charge is 2.51. The summed E-state index contributed by atoms with van der Waals surface area (Å²) >= 11 is 0. The zero-order chi connectivity index (χ0) is 27.5. The van der Waals surface area contributed by atoms with Crippen LogP contribution < -0.4 is 0 Å². The summed E-state index contributed by atoms with van der Waals surface area (Å²) in [5.41, 5.74) is 2.88. The molecule has 8 heteroatoms. The third kappa shape index (κ3) is 8.73. The molecule has 1 heterocycles. The minimum atomic E-state index is -1.20. The Labute approximate surface area is 228 Å². The molecule has 3 aromatic carbocycles. The van der Waals surface area contributed by atoms with Gasteiger partial charge in [-0.2, -0.15) is 0 Å². The molecule has 0 spiro atoms. The lowest BCUT2D eigenvalue weighted by atomic mass is 9.98. The van der Waals surface area contributed by atoms with Gasteiger partial charge in [0.15, 0.2) is 6.10 Å². The Morgan fingerprint density at radius 3 is 1.56 bits per heavy atom. The number of esters is 2. The number of carbonyl (C=O) groups is 2. The van der Waals surface area contributed by atoms with Gasteiger partial charge in [0.25, 0.3) is 0 Å². The van der Waals surface area contributed by atoms with Crippen molar-refractivity contribution in [1.82, 2.24) is 0 Å². The highest BCUT2D eigenvalue weighted by atomic mass is 16.7. The Morgan fingerprint density at radius 1 is 0.615 bits per heavy atom. The number of benzene rings is 3.